The molecule has 8 rings (SSSR count). The van der Waals surface area contributed by atoms with Crippen LogP contribution in [-0.2, 0) is 112 Å². The number of phenols is 1. The Morgan fingerprint density at radius 2 is 1.09 bits per heavy atom. The van der Waals surface area contributed by atoms with E-state index < -0.39 is 241 Å². The zero-order chi connectivity index (χ0) is 99.4. The number of primary amides is 2. The second-order valence-corrected chi connectivity index (χ2v) is 36.7. The number of hydrogen-bond donors (Lipinski definition) is 18. The summed E-state index contributed by atoms with van der Waals surface area (Å²) in [6.07, 6.45) is 1.21. The van der Waals surface area contributed by atoms with E-state index in [-0.39, 0.29) is 108 Å². The number of benzene rings is 3. The van der Waals surface area contributed by atoms with Crippen molar-refractivity contribution in [3.8, 4) is 5.75 Å². The van der Waals surface area contributed by atoms with E-state index >= 15 is 33.6 Å². The third kappa shape index (κ3) is 30.1. The van der Waals surface area contributed by atoms with Crippen LogP contribution < -0.4 is 76.1 Å². The van der Waals surface area contributed by atoms with Crippen LogP contribution in [0.5, 0.6) is 5.75 Å². The van der Waals surface area contributed by atoms with Gasteiger partial charge in [-0.2, -0.15) is 0 Å². The molecule has 3 aliphatic rings. The Bertz CT molecular complexity index is 5070. The lowest BCUT2D eigenvalue weighted by Crippen LogP contribution is -2.61. The number of carboxylic acid groups (broad SMARTS) is 1. The second-order valence-electron chi connectivity index (χ2n) is 35.7. The number of para-hydroxylation sites is 2. The fourth-order valence-corrected chi connectivity index (χ4v) is 17.8. The molecule has 15 atom stereocenters. The number of nitrogens with two attached hydrogens (primary N) is 4. The predicted molar refractivity (Wildman–Crippen MR) is 499 cm³/mol. The topological polar surface area (TPSA) is 629 Å². The molecule has 43 heteroatoms. The van der Waals surface area contributed by atoms with E-state index in [1.807, 2.05) is 13.8 Å². The van der Waals surface area contributed by atoms with Crippen LogP contribution in [-0.4, -0.2) is 312 Å². The molecule has 135 heavy (non-hydrogen) atoms. The molecule has 0 spiro atoms. The van der Waals surface area contributed by atoms with Gasteiger partial charge in [0, 0.05) is 106 Å². The Labute approximate surface area is 787 Å². The van der Waals surface area contributed by atoms with Crippen LogP contribution in [0.2, 0.25) is 0 Å². The van der Waals surface area contributed by atoms with Crippen LogP contribution in [0.1, 0.15) is 155 Å². The van der Waals surface area contributed by atoms with Gasteiger partial charge in [0.2, 0.25) is 100 Å². The highest BCUT2D eigenvalue weighted by atomic mass is 32.2. The van der Waals surface area contributed by atoms with Gasteiger partial charge < -0.3 is 125 Å². The number of carbonyl (C=O) groups is 18. The minimum absolute atomic E-state index is 0.00414. The summed E-state index contributed by atoms with van der Waals surface area (Å²) in [6, 6.07) is -2.01. The van der Waals surface area contributed by atoms with Gasteiger partial charge in [-0.1, -0.05) is 116 Å². The number of aromatic amines is 1. The molecule has 0 radical (unpaired) electrons. The van der Waals surface area contributed by atoms with E-state index in [0.717, 1.165) is 31.4 Å². The number of carboxylic acids is 1. The molecule has 2 aromatic heterocycles. The smallest absolute Gasteiger partial charge is 0.323 e. The fourth-order valence-electron chi connectivity index (χ4n) is 17.0. The Morgan fingerprint density at radius 3 is 1.73 bits per heavy atom. The quantitative estimate of drug-likeness (QED) is 0.0274. The molecule has 5 aromatic rings. The van der Waals surface area contributed by atoms with E-state index in [4.69, 9.17) is 22.9 Å². The van der Waals surface area contributed by atoms with Gasteiger partial charge in [0.15, 0.2) is 0 Å². The molecule has 42 nitrogen and oxygen atoms in total. The monoisotopic (exact) mass is 1900 g/mol. The molecule has 22 N–H and O–H groups in total. The van der Waals surface area contributed by atoms with Crippen LogP contribution >= 0.6 is 11.8 Å². The van der Waals surface area contributed by atoms with Gasteiger partial charge in [-0.05, 0) is 118 Å². The third-order valence-corrected chi connectivity index (χ3v) is 25.4. The highest BCUT2D eigenvalue weighted by Crippen LogP contribution is 2.29. The zero-order valence-corrected chi connectivity index (χ0v) is 79.0. The normalized spacial score (nSPS) is 24.9. The molecule has 738 valence electrons. The average molecular weight is 1900 g/mol. The average Bonchev–Trinajstić information content (AvgIpc) is 1.59. The van der Waals surface area contributed by atoms with Crippen molar-refractivity contribution in [2.75, 3.05) is 65.4 Å². The van der Waals surface area contributed by atoms with E-state index in [1.165, 1.54) is 68.0 Å². The van der Waals surface area contributed by atoms with Crippen LogP contribution in [0.25, 0.3) is 21.8 Å². The maximum atomic E-state index is 16.0. The maximum Gasteiger partial charge on any atom is 0.323 e. The van der Waals surface area contributed by atoms with Gasteiger partial charge in [-0.25, -0.2) is 0 Å². The van der Waals surface area contributed by atoms with Gasteiger partial charge in [0.1, 0.15) is 96.9 Å². The Kier molecular flexibility index (Phi) is 40.7. The summed E-state index contributed by atoms with van der Waals surface area (Å²) in [7, 11) is 3.93. The van der Waals surface area contributed by atoms with Gasteiger partial charge in [-0.15, -0.1) is 11.8 Å². The number of H-pyrrole nitrogens is 1. The maximum absolute atomic E-state index is 16.0. The largest absolute Gasteiger partial charge is 0.508 e. The van der Waals surface area contributed by atoms with E-state index in [2.05, 4.69) is 58.2 Å². The first-order valence-electron chi connectivity index (χ1n) is 45.8. The predicted octanol–water partition coefficient (Wildman–Crippen LogP) is -1.85. The molecule has 0 unspecified atom stereocenters. The summed E-state index contributed by atoms with van der Waals surface area (Å²) in [5.74, 6) is -18.7. The number of phenolic OH excluding ortho intramolecular Hbond substituents is 1. The van der Waals surface area contributed by atoms with Gasteiger partial charge in [0.05, 0.1) is 24.8 Å². The third-order valence-electron chi connectivity index (χ3n) is 24.3. The van der Waals surface area contributed by atoms with Crippen molar-refractivity contribution >= 4 is 140 Å². The standard InChI is InChI=1S/C92H133N21O21S/c1-11-13-25-71-85(127)101-62(35-50(3)4)82(124)107-69(80(122)98-44-76(96)117)48-135-49-77(118)99-65(37-53-29-31-56(114)32-30-53)88(130)108(8)52(7)79(121)103-67(41-75(95)116)90(132)112-34-20-28-72(112)86(128)106-68(42-94)84(126)104-64(36-51(5)6)91(133)113-46-57(115)40-74(113)87(129)102-63(38-54-43-97-60-23-17-15-21-58(54)60)83(125)100-61(24-19-33-93)81(123)105-66(89(131)110(10)73(26-14-12-2)92(134)109(71)9)39-55-45-111(47-78(119)120)70-27-18-16-22-59(55)70/h15-18,21-23,27,29-32,43,45,50-52,57,61-69,71-74,97,114-115H,11-14,19-20,24-26,28,33-42,44,46-49,93-94H2,1-10H3,(H2,95,116)(H2,96,117)(H,98,122)(H,99,118)(H,100,125)(H,101,127)(H,102,129)(H,103,121)(H,104,126)(H,105,123)(H,106,128)(H,107,124)(H,119,120)/t52-,57+,61-,62-,63-,64-,65-,66-,67+,68-,69-,71-,72-,73-,74-/m0/s1. The summed E-state index contributed by atoms with van der Waals surface area (Å²) in [5, 5.41) is 59.6. The summed E-state index contributed by atoms with van der Waals surface area (Å²) in [6.45, 7) is 9.53. The van der Waals surface area contributed by atoms with Gasteiger partial charge >= 0.3 is 5.97 Å². The van der Waals surface area contributed by atoms with Crippen LogP contribution in [0, 0.1) is 11.8 Å². The first-order chi connectivity index (χ1) is 64.1. The number of rotatable bonds is 27. The van der Waals surface area contributed by atoms with E-state index in [0.29, 0.717) is 64.2 Å². The van der Waals surface area contributed by atoms with Gasteiger partial charge in [-0.3, -0.25) is 86.3 Å². The highest BCUT2D eigenvalue weighted by molar-refractivity contribution is 8.00. The number of thioether (sulfide) groups is 1. The Hall–Kier alpha value is -12.8. The molecule has 0 saturated carbocycles. The molecule has 3 aromatic carbocycles. The number of likely N-dealkylation sites (N-methyl/N-ethyl adjacent to an activating group) is 3. The Morgan fingerprint density at radius 1 is 0.541 bits per heavy atom. The lowest BCUT2D eigenvalue weighted by atomic mass is 9.99. The van der Waals surface area contributed by atoms with Crippen molar-refractivity contribution in [1.29, 1.82) is 0 Å². The molecule has 0 bridgehead atoms. The van der Waals surface area contributed by atoms with Crippen molar-refractivity contribution < 1.29 is 102 Å². The number of aliphatic hydroxyl groups excluding tert-OH is 1. The molecular weight excluding hydrogens is 1770 g/mol. The number of unbranched alkanes of at least 4 members (excludes halogenated alkanes) is 2. The van der Waals surface area contributed by atoms with E-state index in [1.54, 1.807) is 82.4 Å². The number of nitrogens with zero attached hydrogens (tertiary/aromatic N) is 6. The summed E-state index contributed by atoms with van der Waals surface area (Å²) in [5.41, 5.74) is 25.8. The number of aromatic nitrogens is 2. The van der Waals surface area contributed by atoms with Crippen molar-refractivity contribution in [3.63, 3.8) is 0 Å². The molecule has 5 heterocycles. The van der Waals surface area contributed by atoms with Crippen molar-refractivity contribution in [2.45, 2.75) is 255 Å². The minimum atomic E-state index is -1.77. The van der Waals surface area contributed by atoms with Crippen LogP contribution in [0.15, 0.2) is 85.2 Å². The van der Waals surface area contributed by atoms with Crippen molar-refractivity contribution in [3.05, 3.63) is 102 Å². The summed E-state index contributed by atoms with van der Waals surface area (Å²) in [4.78, 5) is 271. The lowest BCUT2D eigenvalue weighted by molar-refractivity contribution is -0.149. The number of hydrogen-bond acceptors (Lipinski definition) is 23. The number of aliphatic hydroxyl groups is 1. The molecule has 0 aliphatic carbocycles. The molecule has 3 saturated heterocycles. The molecular formula is C92H133N21O21S. The number of aliphatic carboxylic acids is 1. The fraction of sp³-hybridized carbons (Fsp3) is 0.565. The SMILES string of the molecule is CCCC[C@H]1C(=O)N(C)[C@@H](CCCC)C(=O)N[C@@H](CC(C)C)C(=O)N[C@H](C(=O)NCC(N)=O)CSCC(=O)N[C@@H](Cc2ccc(O)cc2)C(=O)N(C)[C@@H](C)C(=O)N[C@H](CC(N)=O)C(=O)N2CCC[C@H]2C(=O)N[C@@H](CN)C(=O)N[C@@H](CC(C)C)C(=O)N2C[C@H](O)C[C@H]2C(=O)N[C@@H](Cc2c[nH]c3ccccc23)C(=O)N[C@@H](CCCN)C(=O)N[C@@H](Cc2cn(CC(=O)O)c3ccccc23)C(=O)N1C. The minimum Gasteiger partial charge on any atom is -0.508 e. The Balaban J connectivity index is 1.21. The number of fused-ring (bicyclic) bond motifs is 4. The summed E-state index contributed by atoms with van der Waals surface area (Å²) >= 11 is 0.786. The number of amides is 17. The highest BCUT2D eigenvalue weighted by Gasteiger charge is 2.47. The van der Waals surface area contributed by atoms with Crippen molar-refractivity contribution in [2.24, 2.45) is 34.8 Å². The van der Waals surface area contributed by atoms with Crippen LogP contribution in [0.3, 0.4) is 0 Å². The second kappa shape index (κ2) is 51.1. The number of carbonyl (C=O) groups excluding carboxylic acids is 17. The van der Waals surface area contributed by atoms with Crippen LogP contribution in [0.4, 0.5) is 0 Å². The lowest BCUT2D eigenvalue weighted by Gasteiger charge is -2.36. The first-order valence-corrected chi connectivity index (χ1v) is 47.0. The van der Waals surface area contributed by atoms with E-state index in [9.17, 15) is 68.1 Å². The zero-order valence-electron chi connectivity index (χ0n) is 78.2. The summed E-state index contributed by atoms with van der Waals surface area (Å²) < 4.78 is 1.45. The molecule has 3 aliphatic heterocycles. The van der Waals surface area contributed by atoms with Crippen molar-refractivity contribution in [1.82, 2.24) is 87.2 Å². The first kappa shape index (κ1) is 108. The molecule has 17 amide bonds. The number of aromatic hydroxyl groups is 1. The molecule has 3 fully saturated rings. The van der Waals surface area contributed by atoms with Gasteiger partial charge in [0.25, 0.3) is 0 Å². The number of nitrogens with one attached hydrogen (secondary N) is 11.